The predicted molar refractivity (Wildman–Crippen MR) is 500 cm³/mol. The summed E-state index contributed by atoms with van der Waals surface area (Å²) in [6.07, 6.45) is 7.31. The number of aliphatic hydroxyl groups excluding tert-OH is 1. The van der Waals surface area contributed by atoms with Crippen molar-refractivity contribution in [1.29, 1.82) is 0 Å². The van der Waals surface area contributed by atoms with Crippen molar-refractivity contribution in [2.24, 2.45) is 46.6 Å². The van der Waals surface area contributed by atoms with Gasteiger partial charge in [0.25, 0.3) is 5.91 Å². The summed E-state index contributed by atoms with van der Waals surface area (Å²) in [5.74, 6) is -10.6. The van der Waals surface area contributed by atoms with Crippen LogP contribution >= 0.6 is 23.5 Å². The van der Waals surface area contributed by atoms with Crippen LogP contribution in [0.1, 0.15) is 226 Å². The van der Waals surface area contributed by atoms with Gasteiger partial charge in [0.2, 0.25) is 87.9 Å². The Hall–Kier alpha value is -9.48. The molecule has 0 aliphatic carbocycles. The van der Waals surface area contributed by atoms with Gasteiger partial charge < -0.3 is 97.4 Å². The first kappa shape index (κ1) is 114. The van der Waals surface area contributed by atoms with Gasteiger partial charge in [-0.25, -0.2) is 9.48 Å². The van der Waals surface area contributed by atoms with Gasteiger partial charge in [0.1, 0.15) is 60.4 Å². The monoisotopic (exact) mass is 1890 g/mol. The van der Waals surface area contributed by atoms with E-state index in [2.05, 4.69) is 73.8 Å². The van der Waals surface area contributed by atoms with Crippen molar-refractivity contribution in [3.63, 3.8) is 0 Å². The topological polar surface area (TPSA) is 502 Å². The summed E-state index contributed by atoms with van der Waals surface area (Å²) < 4.78 is 1.72. The number of amides is 17. The normalized spacial score (nSPS) is 24.0. The maximum Gasteiger partial charge on any atom is 0.315 e. The van der Waals surface area contributed by atoms with Crippen LogP contribution in [-0.2, 0) is 83.3 Å². The average molecular weight is 1890 g/mol. The van der Waals surface area contributed by atoms with Crippen LogP contribution in [-0.4, -0.2) is 344 Å². The highest BCUT2D eigenvalue weighted by molar-refractivity contribution is 8.00. The highest BCUT2D eigenvalue weighted by atomic mass is 32.2. The Labute approximate surface area is 783 Å². The van der Waals surface area contributed by atoms with E-state index < -0.39 is 168 Å². The Bertz CT molecular complexity index is 3950. The molecule has 742 valence electrons. The first-order valence-corrected chi connectivity index (χ1v) is 48.7. The van der Waals surface area contributed by atoms with E-state index in [4.69, 9.17) is 4.84 Å². The fourth-order valence-electron chi connectivity index (χ4n) is 15.9. The van der Waals surface area contributed by atoms with Gasteiger partial charge in [0.15, 0.2) is 6.61 Å². The van der Waals surface area contributed by atoms with Crippen molar-refractivity contribution in [3.05, 3.63) is 0 Å². The van der Waals surface area contributed by atoms with Crippen LogP contribution in [0.4, 0.5) is 4.79 Å². The molecular weight excluding hydrogens is 1730 g/mol. The van der Waals surface area contributed by atoms with Gasteiger partial charge in [-0.3, -0.25) is 71.9 Å². The number of nitrogens with one attached hydrogen (secondary N) is 10. The molecule has 1 aromatic heterocycles. The number of nitrogens with zero attached hydrogens (tertiary/aromatic N) is 12. The number of aryl methyl sites for hydroxylation is 1. The number of urea groups is 1. The zero-order chi connectivity index (χ0) is 98.4. The zero-order valence-corrected chi connectivity index (χ0v) is 83.5. The molecule has 1 aromatic rings. The first-order valence-electron chi connectivity index (χ1n) is 46.7. The predicted octanol–water partition coefficient (Wildman–Crippen LogP) is 2.79. The van der Waals surface area contributed by atoms with Crippen molar-refractivity contribution in [3.8, 4) is 0 Å². The largest absolute Gasteiger partial charge is 0.390 e. The van der Waals surface area contributed by atoms with Crippen molar-refractivity contribution in [2.45, 2.75) is 322 Å². The molecular formula is C89H156N22O18S2. The lowest BCUT2D eigenvalue weighted by Gasteiger charge is -2.41. The number of fused-ring (bicyclic) bond motifs is 1. The fourth-order valence-corrected chi connectivity index (χ4v) is 18.3. The van der Waals surface area contributed by atoms with Crippen LogP contribution in [0.3, 0.4) is 0 Å². The number of oxime groups is 1. The van der Waals surface area contributed by atoms with E-state index in [0.29, 0.717) is 68.0 Å². The lowest BCUT2D eigenvalue weighted by atomic mass is 9.91. The summed E-state index contributed by atoms with van der Waals surface area (Å²) in [4.78, 5) is 238. The van der Waals surface area contributed by atoms with Gasteiger partial charge in [0.05, 0.1) is 24.7 Å². The zero-order valence-electron chi connectivity index (χ0n) is 81.9. The average Bonchev–Trinajstić information content (AvgIpc) is 1.08. The van der Waals surface area contributed by atoms with Crippen molar-refractivity contribution in [2.75, 3.05) is 100 Å². The van der Waals surface area contributed by atoms with Crippen LogP contribution in [0.5, 0.6) is 0 Å². The lowest BCUT2D eigenvalue weighted by Crippen LogP contribution is -2.63. The molecule has 1 unspecified atom stereocenters. The maximum absolute atomic E-state index is 15.5. The molecule has 11 N–H and O–H groups in total. The molecule has 4 heterocycles. The molecule has 40 nitrogen and oxygen atoms in total. The lowest BCUT2D eigenvalue weighted by molar-refractivity contribution is -0.157. The second kappa shape index (κ2) is 57.2. The number of carbonyl (C=O) groups is 16. The minimum atomic E-state index is -1.82. The van der Waals surface area contributed by atoms with E-state index >= 15 is 19.2 Å². The Kier molecular flexibility index (Phi) is 49.7. The molecule has 3 aliphatic heterocycles. The minimum absolute atomic E-state index is 0.0450. The number of likely N-dealkylation sites (N-methyl/N-ethyl adjacent to an activating group) is 7. The van der Waals surface area contributed by atoms with E-state index in [0.717, 1.165) is 54.1 Å². The number of carbonyl (C=O) groups excluding carboxylic acids is 16. The second-order valence-electron chi connectivity index (χ2n) is 37.5. The third-order valence-electron chi connectivity index (χ3n) is 23.8. The summed E-state index contributed by atoms with van der Waals surface area (Å²) in [7, 11) is 9.62. The molecule has 0 saturated carbocycles. The Morgan fingerprint density at radius 1 is 0.519 bits per heavy atom. The van der Waals surface area contributed by atoms with Gasteiger partial charge in [-0.2, -0.15) is 11.8 Å². The number of hydrogen-bond acceptors (Lipinski definition) is 24. The summed E-state index contributed by atoms with van der Waals surface area (Å²) in [5.41, 5.74) is 0. The van der Waals surface area contributed by atoms with E-state index in [1.165, 1.54) is 106 Å². The van der Waals surface area contributed by atoms with Crippen LogP contribution in [0.15, 0.2) is 10.3 Å². The van der Waals surface area contributed by atoms with Crippen molar-refractivity contribution in [1.82, 2.24) is 108 Å². The molecule has 0 aromatic carbocycles. The summed E-state index contributed by atoms with van der Waals surface area (Å²) in [6, 6.07) is -12.9. The SMILES string of the molecule is CC[C@@H]1NC(=O)C([C@H](O)[C@H](C)C/C=N/OCC(=O)NCCCC(=O)NCCCCNC(=O)CCSc2nnnn2CCCCCNC(=O)CCCC[C@@H]2SC[C@@H]3NC(=O)N[C@@H]32)N(C)C(=O)[C@H](C(C)C)N(C)C(=O)[C@H](CC(C)C)N(C)C(=O)[C@H](CC(C)C)N(C)C(=O)[C@@H](C)NC(=O)[C@H](C)NC(=O)[C@H](CC(C)C)N(C)C(=O)[C@H](C(C)C)NC(=O)[C@H](CC(C)C)N(C)C(=O)CN(C)C1=O. The Morgan fingerprint density at radius 2 is 1.02 bits per heavy atom. The highest BCUT2D eigenvalue weighted by Gasteiger charge is 2.47. The quantitative estimate of drug-likeness (QED) is 0.0147. The summed E-state index contributed by atoms with van der Waals surface area (Å²) >= 11 is 3.27. The van der Waals surface area contributed by atoms with Gasteiger partial charge in [-0.1, -0.05) is 120 Å². The standard InChI is InChI=1S/C89H156N22O18S2/c1-24-61-83(123)104(17)49-72(116)105(18)63(45-52(2)3)80(120)99-73(56(10)11)86(126)106(19)64(46-53(4)5)79(119)95-59(15)78(118)96-60(16)82(122)107(20)65(47-54(6)7)84(124)108(21)66(48-55(8)9)85(125)109(22)75(57(12)13)87(127)110(23)76(81(121)97-61)77(117)58(14)36-42-94-129-50-71(115)93-41-32-35-69(113)91-39-29-30-40-92-70(114)37-44-130-89-101-102-103-111(89)43-31-25-28-38-90-68(112)34-27-26-33-67-74-62(51-131-67)98-88(128)100-74/h42,52-67,73-77,117H,24-41,43-51H2,1-23H3,(H,90,112)(H,91,113)(H,92,114)(H,93,115)(H,95,119)(H,96,118)(H,97,121)(H,99,120)(H2,98,100,128)/b94-42+/t58-,59+,60-,61+,62+,63+,64+,65+,66+,67+,73+,74+,75+,76?,77-/m1/s1. The van der Waals surface area contributed by atoms with Crippen molar-refractivity contribution >= 4 is 124 Å². The molecule has 17 amide bonds. The van der Waals surface area contributed by atoms with Gasteiger partial charge in [-0.15, -0.1) is 5.10 Å². The number of aromatic nitrogens is 4. The molecule has 0 radical (unpaired) electrons. The molecule has 0 bridgehead atoms. The van der Waals surface area contributed by atoms with Gasteiger partial charge in [-0.05, 0) is 156 Å². The van der Waals surface area contributed by atoms with Crippen LogP contribution < -0.4 is 53.2 Å². The van der Waals surface area contributed by atoms with E-state index in [9.17, 15) is 62.6 Å². The molecule has 0 spiro atoms. The Balaban J connectivity index is 1.42. The number of aliphatic hydroxyl groups is 1. The fraction of sp³-hybridized carbons (Fsp3) is 0.798. The van der Waals surface area contributed by atoms with Gasteiger partial charge in [0, 0.05) is 124 Å². The second-order valence-corrected chi connectivity index (χ2v) is 39.8. The Morgan fingerprint density at radius 3 is 1.60 bits per heavy atom. The van der Waals surface area contributed by atoms with E-state index in [-0.39, 0.29) is 117 Å². The minimum Gasteiger partial charge on any atom is -0.390 e. The number of tetrazole rings is 1. The van der Waals surface area contributed by atoms with Crippen LogP contribution in [0, 0.1) is 41.4 Å². The van der Waals surface area contributed by atoms with Crippen LogP contribution in [0.25, 0.3) is 0 Å². The third kappa shape index (κ3) is 37.1. The van der Waals surface area contributed by atoms with E-state index in [1.54, 1.807) is 46.2 Å². The molecule has 4 rings (SSSR count). The van der Waals surface area contributed by atoms with Crippen molar-refractivity contribution < 1.29 is 86.7 Å². The van der Waals surface area contributed by atoms with E-state index in [1.807, 2.05) is 67.2 Å². The number of unbranched alkanes of at least 4 members (excludes halogenated alkanes) is 4. The molecule has 131 heavy (non-hydrogen) atoms. The molecule has 3 saturated heterocycles. The molecule has 15 atom stereocenters. The third-order valence-corrected chi connectivity index (χ3v) is 26.3. The maximum atomic E-state index is 15.5. The summed E-state index contributed by atoms with van der Waals surface area (Å²) in [6.45, 7) is 28.4. The number of hydrogen-bond donors (Lipinski definition) is 11. The van der Waals surface area contributed by atoms with Gasteiger partial charge >= 0.3 is 6.03 Å². The first-order chi connectivity index (χ1) is 61.6. The molecule has 42 heteroatoms. The molecule has 3 aliphatic rings. The molecule has 3 fully saturated rings. The number of rotatable bonds is 42. The van der Waals surface area contributed by atoms with Crippen LogP contribution in [0.2, 0.25) is 0 Å². The smallest absolute Gasteiger partial charge is 0.315 e. The highest BCUT2D eigenvalue weighted by Crippen LogP contribution is 2.34. The summed E-state index contributed by atoms with van der Waals surface area (Å²) in [5, 5.41) is 57.8. The number of thioether (sulfide) groups is 2.